The standard InChI is InChI=1S/C22H27NO3/c24-21(17-25-15-16-26-20-11-5-2-6-12-20)23-18-22(13-7-8-14-22)19-9-3-1-4-10-19/h1-6,9-12H,7-8,13-18H2,(H,23,24). The number of ether oxygens (including phenoxy) is 2. The van der Waals surface area contributed by atoms with Crippen LogP contribution in [0.1, 0.15) is 31.2 Å². The van der Waals surface area contributed by atoms with Crippen LogP contribution in [-0.2, 0) is 14.9 Å². The Bertz CT molecular complexity index is 666. The van der Waals surface area contributed by atoms with Crippen LogP contribution in [0.2, 0.25) is 0 Å². The molecule has 4 nitrogen and oxygen atoms in total. The van der Waals surface area contributed by atoms with Crippen LogP contribution in [0.25, 0.3) is 0 Å². The minimum absolute atomic E-state index is 0.0630. The predicted molar refractivity (Wildman–Crippen MR) is 102 cm³/mol. The minimum atomic E-state index is -0.0630. The van der Waals surface area contributed by atoms with Gasteiger partial charge in [0.15, 0.2) is 0 Å². The number of hydrogen-bond donors (Lipinski definition) is 1. The van der Waals surface area contributed by atoms with Gasteiger partial charge in [0.25, 0.3) is 0 Å². The van der Waals surface area contributed by atoms with Gasteiger partial charge in [0.1, 0.15) is 19.0 Å². The summed E-state index contributed by atoms with van der Waals surface area (Å²) in [5.41, 5.74) is 1.41. The van der Waals surface area contributed by atoms with Gasteiger partial charge in [0.2, 0.25) is 5.91 Å². The molecule has 2 aromatic carbocycles. The normalized spacial score (nSPS) is 15.5. The molecule has 0 unspecified atom stereocenters. The highest BCUT2D eigenvalue weighted by Gasteiger charge is 2.35. The molecular formula is C22H27NO3. The summed E-state index contributed by atoms with van der Waals surface area (Å²) < 4.78 is 11.0. The summed E-state index contributed by atoms with van der Waals surface area (Å²) in [6, 6.07) is 20.1. The molecule has 1 N–H and O–H groups in total. The van der Waals surface area contributed by atoms with E-state index in [9.17, 15) is 4.79 Å². The van der Waals surface area contributed by atoms with E-state index in [0.29, 0.717) is 19.8 Å². The topological polar surface area (TPSA) is 47.6 Å². The van der Waals surface area contributed by atoms with E-state index in [0.717, 1.165) is 18.6 Å². The van der Waals surface area contributed by atoms with Crippen LogP contribution in [0.4, 0.5) is 0 Å². The third kappa shape index (κ3) is 5.09. The van der Waals surface area contributed by atoms with Gasteiger partial charge in [-0.15, -0.1) is 0 Å². The highest BCUT2D eigenvalue weighted by molar-refractivity contribution is 5.77. The summed E-state index contributed by atoms with van der Waals surface area (Å²) in [5, 5.41) is 3.07. The lowest BCUT2D eigenvalue weighted by Crippen LogP contribution is -2.40. The van der Waals surface area contributed by atoms with Crippen LogP contribution in [0.3, 0.4) is 0 Å². The van der Waals surface area contributed by atoms with Crippen LogP contribution in [0, 0.1) is 0 Å². The number of rotatable bonds is 9. The first kappa shape index (κ1) is 18.5. The Labute approximate surface area is 155 Å². The number of nitrogens with one attached hydrogen (secondary N) is 1. The number of carbonyl (C=O) groups is 1. The summed E-state index contributed by atoms with van der Waals surface area (Å²) in [5.74, 6) is 0.749. The molecule has 0 spiro atoms. The number of carbonyl (C=O) groups excluding carboxylic acids is 1. The van der Waals surface area contributed by atoms with Gasteiger partial charge in [-0.1, -0.05) is 61.4 Å². The highest BCUT2D eigenvalue weighted by atomic mass is 16.5. The van der Waals surface area contributed by atoms with Crippen LogP contribution < -0.4 is 10.1 Å². The third-order valence-electron chi connectivity index (χ3n) is 5.04. The smallest absolute Gasteiger partial charge is 0.246 e. The van der Waals surface area contributed by atoms with Crippen LogP contribution in [-0.4, -0.2) is 32.3 Å². The van der Waals surface area contributed by atoms with E-state index in [1.165, 1.54) is 18.4 Å². The summed E-state index contributed by atoms with van der Waals surface area (Å²) in [6.07, 6.45) is 4.70. The molecule has 2 aromatic rings. The SMILES string of the molecule is O=C(COCCOc1ccccc1)NCC1(c2ccccc2)CCCC1. The predicted octanol–water partition coefficient (Wildman–Crippen LogP) is 3.71. The average Bonchev–Trinajstić information content (AvgIpc) is 3.18. The maximum atomic E-state index is 12.1. The van der Waals surface area contributed by atoms with Gasteiger partial charge in [0, 0.05) is 12.0 Å². The highest BCUT2D eigenvalue weighted by Crippen LogP contribution is 2.40. The van der Waals surface area contributed by atoms with Gasteiger partial charge in [0.05, 0.1) is 6.61 Å². The fourth-order valence-corrected chi connectivity index (χ4v) is 3.63. The molecule has 1 saturated carbocycles. The van der Waals surface area contributed by atoms with E-state index in [-0.39, 0.29) is 17.9 Å². The van der Waals surface area contributed by atoms with Gasteiger partial charge < -0.3 is 14.8 Å². The summed E-state index contributed by atoms with van der Waals surface area (Å²) in [7, 11) is 0. The van der Waals surface area contributed by atoms with Crippen molar-refractivity contribution in [2.45, 2.75) is 31.1 Å². The van der Waals surface area contributed by atoms with E-state index in [4.69, 9.17) is 9.47 Å². The second-order valence-electron chi connectivity index (χ2n) is 6.84. The zero-order valence-corrected chi connectivity index (χ0v) is 15.2. The van der Waals surface area contributed by atoms with Crippen molar-refractivity contribution in [2.75, 3.05) is 26.4 Å². The summed E-state index contributed by atoms with van der Waals surface area (Å²) in [6.45, 7) is 1.58. The lowest BCUT2D eigenvalue weighted by molar-refractivity contribution is -0.126. The van der Waals surface area contributed by atoms with Crippen molar-refractivity contribution in [2.24, 2.45) is 0 Å². The van der Waals surface area contributed by atoms with Gasteiger partial charge in [-0.2, -0.15) is 0 Å². The van der Waals surface area contributed by atoms with Gasteiger partial charge >= 0.3 is 0 Å². The molecule has 1 fully saturated rings. The lowest BCUT2D eigenvalue weighted by Gasteiger charge is -2.30. The molecule has 0 radical (unpaired) electrons. The molecule has 0 aliphatic heterocycles. The number of hydrogen-bond acceptors (Lipinski definition) is 3. The first-order valence-corrected chi connectivity index (χ1v) is 9.36. The minimum Gasteiger partial charge on any atom is -0.491 e. The molecule has 0 aromatic heterocycles. The Morgan fingerprint density at radius 3 is 2.27 bits per heavy atom. The van der Waals surface area contributed by atoms with Crippen LogP contribution in [0.5, 0.6) is 5.75 Å². The molecule has 26 heavy (non-hydrogen) atoms. The fourth-order valence-electron chi connectivity index (χ4n) is 3.63. The molecule has 0 atom stereocenters. The van der Waals surface area contributed by atoms with E-state index < -0.39 is 0 Å². The monoisotopic (exact) mass is 353 g/mol. The van der Waals surface area contributed by atoms with E-state index in [1.54, 1.807) is 0 Å². The lowest BCUT2D eigenvalue weighted by atomic mass is 9.79. The second kappa shape index (κ2) is 9.39. The maximum Gasteiger partial charge on any atom is 0.246 e. The molecular weight excluding hydrogens is 326 g/mol. The maximum absolute atomic E-state index is 12.1. The zero-order valence-electron chi connectivity index (χ0n) is 15.2. The average molecular weight is 353 g/mol. The largest absolute Gasteiger partial charge is 0.491 e. The Kier molecular flexibility index (Phi) is 6.67. The summed E-state index contributed by atoms with van der Waals surface area (Å²) in [4.78, 5) is 12.1. The van der Waals surface area contributed by atoms with Crippen molar-refractivity contribution in [1.82, 2.24) is 5.32 Å². The van der Waals surface area contributed by atoms with Gasteiger partial charge in [-0.25, -0.2) is 0 Å². The first-order chi connectivity index (χ1) is 12.8. The number of benzene rings is 2. The van der Waals surface area contributed by atoms with Crippen molar-refractivity contribution >= 4 is 5.91 Å². The van der Waals surface area contributed by atoms with Crippen molar-refractivity contribution in [3.63, 3.8) is 0 Å². The molecule has 0 saturated heterocycles. The van der Waals surface area contributed by atoms with Crippen molar-refractivity contribution in [3.05, 3.63) is 66.2 Å². The van der Waals surface area contributed by atoms with E-state index in [1.807, 2.05) is 36.4 Å². The van der Waals surface area contributed by atoms with Gasteiger partial charge in [-0.05, 0) is 30.5 Å². The zero-order chi connectivity index (χ0) is 18.1. The number of amides is 1. The summed E-state index contributed by atoms with van der Waals surface area (Å²) >= 11 is 0. The fraction of sp³-hybridized carbons (Fsp3) is 0.409. The Balaban J connectivity index is 1.38. The third-order valence-corrected chi connectivity index (χ3v) is 5.04. The molecule has 0 bridgehead atoms. The van der Waals surface area contributed by atoms with Crippen molar-refractivity contribution in [3.8, 4) is 5.75 Å². The Morgan fingerprint density at radius 2 is 1.58 bits per heavy atom. The van der Waals surface area contributed by atoms with Crippen LogP contribution >= 0.6 is 0 Å². The molecule has 1 aliphatic rings. The molecule has 1 amide bonds. The Morgan fingerprint density at radius 1 is 0.923 bits per heavy atom. The quantitative estimate of drug-likeness (QED) is 0.699. The molecule has 0 heterocycles. The van der Waals surface area contributed by atoms with Gasteiger partial charge in [-0.3, -0.25) is 4.79 Å². The molecule has 3 rings (SSSR count). The van der Waals surface area contributed by atoms with Crippen molar-refractivity contribution in [1.29, 1.82) is 0 Å². The molecule has 1 aliphatic carbocycles. The number of para-hydroxylation sites is 1. The second-order valence-corrected chi connectivity index (χ2v) is 6.84. The first-order valence-electron chi connectivity index (χ1n) is 9.36. The molecule has 4 heteroatoms. The van der Waals surface area contributed by atoms with E-state index >= 15 is 0 Å². The Hall–Kier alpha value is -2.33. The molecule has 138 valence electrons. The van der Waals surface area contributed by atoms with Crippen LogP contribution in [0.15, 0.2) is 60.7 Å². The van der Waals surface area contributed by atoms with Crippen molar-refractivity contribution < 1.29 is 14.3 Å². The van der Waals surface area contributed by atoms with E-state index in [2.05, 4.69) is 29.6 Å².